The lowest BCUT2D eigenvalue weighted by Gasteiger charge is -2.18. The molecular formula is C14H22N2OS. The monoisotopic (exact) mass is 266 g/mol. The molecule has 0 heterocycles. The fourth-order valence-corrected chi connectivity index (χ4v) is 1.91. The van der Waals surface area contributed by atoms with Crippen LogP contribution in [0.25, 0.3) is 0 Å². The zero-order chi connectivity index (χ0) is 13.5. The van der Waals surface area contributed by atoms with Crippen molar-refractivity contribution in [2.75, 3.05) is 20.3 Å². The second-order valence-corrected chi connectivity index (χ2v) is 4.87. The Morgan fingerprint density at radius 1 is 1.33 bits per heavy atom. The average Bonchev–Trinajstić information content (AvgIpc) is 2.33. The number of hydrogen-bond acceptors (Lipinski definition) is 2. The average molecular weight is 266 g/mol. The quantitative estimate of drug-likeness (QED) is 0.633. The lowest BCUT2D eigenvalue weighted by atomic mass is 10.0. The van der Waals surface area contributed by atoms with E-state index < -0.39 is 0 Å². The van der Waals surface area contributed by atoms with Crippen LogP contribution in [0.4, 0.5) is 0 Å². The fourth-order valence-electron chi connectivity index (χ4n) is 1.63. The zero-order valence-electron chi connectivity index (χ0n) is 11.5. The van der Waals surface area contributed by atoms with E-state index in [2.05, 4.69) is 49.6 Å². The van der Waals surface area contributed by atoms with Gasteiger partial charge in [-0.3, -0.25) is 0 Å². The SMILES string of the molecule is COCCNC(=S)N[C@@H](C)c1ccc(C)c(C)c1. The first kappa shape index (κ1) is 14.9. The van der Waals surface area contributed by atoms with E-state index in [4.69, 9.17) is 17.0 Å². The summed E-state index contributed by atoms with van der Waals surface area (Å²) >= 11 is 5.22. The molecule has 2 N–H and O–H groups in total. The van der Waals surface area contributed by atoms with Gasteiger partial charge < -0.3 is 15.4 Å². The summed E-state index contributed by atoms with van der Waals surface area (Å²) in [6, 6.07) is 6.68. The fraction of sp³-hybridized carbons (Fsp3) is 0.500. The van der Waals surface area contributed by atoms with E-state index in [0.29, 0.717) is 11.7 Å². The highest BCUT2D eigenvalue weighted by Gasteiger charge is 2.07. The highest BCUT2D eigenvalue weighted by Crippen LogP contribution is 2.16. The van der Waals surface area contributed by atoms with Crippen molar-refractivity contribution in [1.29, 1.82) is 0 Å². The smallest absolute Gasteiger partial charge is 0.166 e. The number of benzene rings is 1. The number of nitrogens with one attached hydrogen (secondary N) is 2. The van der Waals surface area contributed by atoms with Crippen molar-refractivity contribution < 1.29 is 4.74 Å². The molecule has 0 radical (unpaired) electrons. The van der Waals surface area contributed by atoms with Crippen LogP contribution in [0.1, 0.15) is 29.7 Å². The Morgan fingerprint density at radius 3 is 2.67 bits per heavy atom. The highest BCUT2D eigenvalue weighted by molar-refractivity contribution is 7.80. The molecule has 1 aromatic carbocycles. The first-order chi connectivity index (χ1) is 8.54. The molecule has 1 atom stereocenters. The maximum Gasteiger partial charge on any atom is 0.166 e. The molecule has 0 aliphatic carbocycles. The van der Waals surface area contributed by atoms with Gasteiger partial charge in [0.25, 0.3) is 0 Å². The zero-order valence-corrected chi connectivity index (χ0v) is 12.4. The van der Waals surface area contributed by atoms with Gasteiger partial charge in [-0.25, -0.2) is 0 Å². The lowest BCUT2D eigenvalue weighted by Crippen LogP contribution is -2.38. The van der Waals surface area contributed by atoms with Gasteiger partial charge in [-0.2, -0.15) is 0 Å². The third kappa shape index (κ3) is 4.63. The van der Waals surface area contributed by atoms with Crippen molar-refractivity contribution in [2.24, 2.45) is 0 Å². The van der Waals surface area contributed by atoms with Gasteiger partial charge in [0.15, 0.2) is 5.11 Å². The van der Waals surface area contributed by atoms with Gasteiger partial charge in [0, 0.05) is 13.7 Å². The van der Waals surface area contributed by atoms with Crippen LogP contribution in [0.15, 0.2) is 18.2 Å². The van der Waals surface area contributed by atoms with Crippen LogP contribution in [0.3, 0.4) is 0 Å². The first-order valence-corrected chi connectivity index (χ1v) is 6.56. The van der Waals surface area contributed by atoms with Crippen molar-refractivity contribution in [2.45, 2.75) is 26.8 Å². The third-order valence-electron chi connectivity index (χ3n) is 2.97. The van der Waals surface area contributed by atoms with E-state index in [-0.39, 0.29) is 6.04 Å². The van der Waals surface area contributed by atoms with Gasteiger partial charge in [0.1, 0.15) is 0 Å². The Bertz CT molecular complexity index is 407. The number of methoxy groups -OCH3 is 1. The van der Waals surface area contributed by atoms with Crippen LogP contribution in [-0.2, 0) is 4.74 Å². The molecular weight excluding hydrogens is 244 g/mol. The van der Waals surface area contributed by atoms with Crippen LogP contribution in [0.2, 0.25) is 0 Å². The molecule has 0 aliphatic heterocycles. The number of hydrogen-bond donors (Lipinski definition) is 2. The summed E-state index contributed by atoms with van der Waals surface area (Å²) < 4.78 is 4.96. The molecule has 0 spiro atoms. The summed E-state index contributed by atoms with van der Waals surface area (Å²) in [7, 11) is 1.68. The minimum absolute atomic E-state index is 0.201. The predicted molar refractivity (Wildman–Crippen MR) is 79.9 cm³/mol. The van der Waals surface area contributed by atoms with Crippen LogP contribution in [-0.4, -0.2) is 25.4 Å². The van der Waals surface area contributed by atoms with Crippen LogP contribution < -0.4 is 10.6 Å². The van der Waals surface area contributed by atoms with E-state index >= 15 is 0 Å². The minimum Gasteiger partial charge on any atom is -0.383 e. The van der Waals surface area contributed by atoms with Crippen molar-refractivity contribution in [1.82, 2.24) is 10.6 Å². The normalized spacial score (nSPS) is 12.0. The van der Waals surface area contributed by atoms with Crippen molar-refractivity contribution >= 4 is 17.3 Å². The molecule has 3 nitrogen and oxygen atoms in total. The van der Waals surface area contributed by atoms with Gasteiger partial charge in [-0.05, 0) is 49.7 Å². The van der Waals surface area contributed by atoms with Crippen molar-refractivity contribution in [3.63, 3.8) is 0 Å². The molecule has 0 unspecified atom stereocenters. The van der Waals surface area contributed by atoms with Gasteiger partial charge in [0.05, 0.1) is 12.6 Å². The molecule has 0 aromatic heterocycles. The topological polar surface area (TPSA) is 33.3 Å². The van der Waals surface area contributed by atoms with E-state index in [0.717, 1.165) is 6.54 Å². The summed E-state index contributed by atoms with van der Waals surface area (Å²) in [4.78, 5) is 0. The van der Waals surface area contributed by atoms with E-state index in [1.807, 2.05) is 0 Å². The molecule has 4 heteroatoms. The number of rotatable bonds is 5. The van der Waals surface area contributed by atoms with Crippen LogP contribution in [0, 0.1) is 13.8 Å². The number of ether oxygens (including phenoxy) is 1. The molecule has 0 fully saturated rings. The Morgan fingerprint density at radius 2 is 2.06 bits per heavy atom. The largest absolute Gasteiger partial charge is 0.383 e. The van der Waals surface area contributed by atoms with Gasteiger partial charge in [-0.1, -0.05) is 18.2 Å². The highest BCUT2D eigenvalue weighted by atomic mass is 32.1. The van der Waals surface area contributed by atoms with E-state index in [9.17, 15) is 0 Å². The summed E-state index contributed by atoms with van der Waals surface area (Å²) in [5.74, 6) is 0. The minimum atomic E-state index is 0.201. The first-order valence-electron chi connectivity index (χ1n) is 6.15. The summed E-state index contributed by atoms with van der Waals surface area (Å²) in [5, 5.41) is 7.04. The molecule has 1 rings (SSSR count). The van der Waals surface area contributed by atoms with Gasteiger partial charge in [-0.15, -0.1) is 0 Å². The number of aryl methyl sites for hydroxylation is 2. The van der Waals surface area contributed by atoms with Gasteiger partial charge in [0.2, 0.25) is 0 Å². The predicted octanol–water partition coefficient (Wildman–Crippen LogP) is 2.47. The van der Waals surface area contributed by atoms with Crippen molar-refractivity contribution in [3.05, 3.63) is 34.9 Å². The maximum absolute atomic E-state index is 5.22. The summed E-state index contributed by atoms with van der Waals surface area (Å²) in [6.45, 7) is 7.73. The lowest BCUT2D eigenvalue weighted by molar-refractivity contribution is 0.204. The summed E-state index contributed by atoms with van der Waals surface area (Å²) in [5.41, 5.74) is 3.86. The van der Waals surface area contributed by atoms with Crippen molar-refractivity contribution in [3.8, 4) is 0 Å². The van der Waals surface area contributed by atoms with Crippen LogP contribution in [0.5, 0.6) is 0 Å². The molecule has 0 saturated heterocycles. The standard InChI is InChI=1S/C14H22N2OS/c1-10-5-6-13(9-11(10)2)12(3)16-14(18)15-7-8-17-4/h5-6,9,12H,7-8H2,1-4H3,(H2,15,16,18)/t12-/m0/s1. The Labute approximate surface area is 115 Å². The maximum atomic E-state index is 5.22. The molecule has 0 saturated carbocycles. The Hall–Kier alpha value is -1.13. The molecule has 100 valence electrons. The molecule has 0 amide bonds. The second-order valence-electron chi connectivity index (χ2n) is 4.46. The van der Waals surface area contributed by atoms with E-state index in [1.165, 1.54) is 16.7 Å². The Balaban J connectivity index is 2.51. The molecule has 18 heavy (non-hydrogen) atoms. The van der Waals surface area contributed by atoms with E-state index in [1.54, 1.807) is 7.11 Å². The third-order valence-corrected chi connectivity index (χ3v) is 3.23. The molecule has 1 aromatic rings. The summed E-state index contributed by atoms with van der Waals surface area (Å²) in [6.07, 6.45) is 0. The second kappa shape index (κ2) is 7.34. The Kier molecular flexibility index (Phi) is 6.09. The molecule has 0 aliphatic rings. The number of thiocarbonyl (C=S) groups is 1. The van der Waals surface area contributed by atoms with Gasteiger partial charge >= 0.3 is 0 Å². The molecule has 0 bridgehead atoms. The van der Waals surface area contributed by atoms with Crippen LogP contribution >= 0.6 is 12.2 Å².